The van der Waals surface area contributed by atoms with Crippen LogP contribution in [0.2, 0.25) is 0 Å². The summed E-state index contributed by atoms with van der Waals surface area (Å²) in [6.07, 6.45) is 2.66. The van der Waals surface area contributed by atoms with E-state index in [1.807, 2.05) is 0 Å². The van der Waals surface area contributed by atoms with Gasteiger partial charge in [-0.15, -0.1) is 0 Å². The zero-order chi connectivity index (χ0) is 14.7. The second-order valence-corrected chi connectivity index (χ2v) is 6.08. The van der Waals surface area contributed by atoms with Gasteiger partial charge < -0.3 is 10.1 Å². The Balaban J connectivity index is 1.54. The molecule has 1 fully saturated rings. The van der Waals surface area contributed by atoms with E-state index in [2.05, 4.69) is 61.6 Å². The van der Waals surface area contributed by atoms with Gasteiger partial charge in [-0.2, -0.15) is 0 Å². The van der Waals surface area contributed by atoms with Crippen molar-refractivity contribution in [3.05, 3.63) is 64.7 Å². The molecule has 0 radical (unpaired) electrons. The van der Waals surface area contributed by atoms with E-state index in [9.17, 15) is 0 Å². The molecule has 0 aromatic heterocycles. The lowest BCUT2D eigenvalue weighted by Crippen LogP contribution is -2.15. The Morgan fingerprint density at radius 2 is 1.62 bits per heavy atom. The van der Waals surface area contributed by atoms with Crippen molar-refractivity contribution >= 4 is 0 Å². The van der Waals surface area contributed by atoms with E-state index in [1.54, 1.807) is 0 Å². The highest BCUT2D eigenvalue weighted by Gasteiger charge is 2.19. The average Bonchev–Trinajstić information content (AvgIpc) is 3.27. The van der Waals surface area contributed by atoms with E-state index >= 15 is 0 Å². The van der Waals surface area contributed by atoms with Gasteiger partial charge in [0.05, 0.1) is 0 Å². The Kier molecular flexibility index (Phi) is 4.26. The van der Waals surface area contributed by atoms with Crippen LogP contribution >= 0.6 is 0 Å². The molecule has 3 rings (SSSR count). The first-order valence-electron chi connectivity index (χ1n) is 7.71. The Morgan fingerprint density at radius 1 is 0.952 bits per heavy atom. The molecule has 0 bridgehead atoms. The largest absolute Gasteiger partial charge is 0.489 e. The predicted molar refractivity (Wildman–Crippen MR) is 86.6 cm³/mol. The summed E-state index contributed by atoms with van der Waals surface area (Å²) < 4.78 is 5.87. The van der Waals surface area contributed by atoms with Crippen LogP contribution in [0, 0.1) is 13.8 Å². The van der Waals surface area contributed by atoms with E-state index in [4.69, 9.17) is 4.74 Å². The Bertz CT molecular complexity index is 579. The van der Waals surface area contributed by atoms with Crippen LogP contribution < -0.4 is 10.1 Å². The maximum absolute atomic E-state index is 5.87. The summed E-state index contributed by atoms with van der Waals surface area (Å²) in [4.78, 5) is 0. The quantitative estimate of drug-likeness (QED) is 0.859. The van der Waals surface area contributed by atoms with E-state index in [1.165, 1.54) is 35.1 Å². The second-order valence-electron chi connectivity index (χ2n) is 6.08. The van der Waals surface area contributed by atoms with Gasteiger partial charge in [0.15, 0.2) is 0 Å². The van der Waals surface area contributed by atoms with Crippen molar-refractivity contribution in [2.45, 2.75) is 45.9 Å². The minimum absolute atomic E-state index is 0.627. The van der Waals surface area contributed by atoms with Crippen LogP contribution in [-0.4, -0.2) is 6.04 Å². The molecule has 1 saturated carbocycles. The maximum Gasteiger partial charge on any atom is 0.119 e. The minimum atomic E-state index is 0.627. The Hall–Kier alpha value is -1.80. The fourth-order valence-electron chi connectivity index (χ4n) is 2.57. The standard InChI is InChI=1S/C19H23NO/c1-14-9-15(2)11-17(10-14)13-21-19-7-3-16(4-8-19)12-20-18-5-6-18/h3-4,7-11,18,20H,5-6,12-13H2,1-2H3. The summed E-state index contributed by atoms with van der Waals surface area (Å²) >= 11 is 0. The van der Waals surface area contributed by atoms with E-state index in [0.29, 0.717) is 6.61 Å². The normalized spacial score (nSPS) is 14.2. The third kappa shape index (κ3) is 4.33. The van der Waals surface area contributed by atoms with Gasteiger partial charge in [0, 0.05) is 12.6 Å². The first-order chi connectivity index (χ1) is 10.2. The molecule has 2 aromatic carbocycles. The van der Waals surface area contributed by atoms with E-state index in [0.717, 1.165) is 18.3 Å². The molecule has 2 aromatic rings. The molecular formula is C19H23NO. The van der Waals surface area contributed by atoms with Crippen molar-refractivity contribution in [3.63, 3.8) is 0 Å². The van der Waals surface area contributed by atoms with Gasteiger partial charge >= 0.3 is 0 Å². The summed E-state index contributed by atoms with van der Waals surface area (Å²) in [5.41, 5.74) is 5.12. The summed E-state index contributed by atoms with van der Waals surface area (Å²) in [7, 11) is 0. The molecular weight excluding hydrogens is 258 g/mol. The lowest BCUT2D eigenvalue weighted by molar-refractivity contribution is 0.306. The number of aryl methyl sites for hydroxylation is 2. The molecule has 110 valence electrons. The molecule has 2 heteroatoms. The Morgan fingerprint density at radius 3 is 2.24 bits per heavy atom. The summed E-state index contributed by atoms with van der Waals surface area (Å²) in [6, 6.07) is 15.7. The molecule has 2 nitrogen and oxygen atoms in total. The summed E-state index contributed by atoms with van der Waals surface area (Å²) in [6.45, 7) is 5.83. The van der Waals surface area contributed by atoms with Crippen molar-refractivity contribution in [1.29, 1.82) is 0 Å². The number of benzene rings is 2. The van der Waals surface area contributed by atoms with Gasteiger partial charge in [-0.25, -0.2) is 0 Å². The van der Waals surface area contributed by atoms with Crippen LogP contribution in [0.5, 0.6) is 5.75 Å². The summed E-state index contributed by atoms with van der Waals surface area (Å²) in [5.74, 6) is 0.935. The first kappa shape index (κ1) is 14.2. The molecule has 0 amide bonds. The van der Waals surface area contributed by atoms with Crippen molar-refractivity contribution < 1.29 is 4.74 Å². The highest BCUT2D eigenvalue weighted by atomic mass is 16.5. The van der Waals surface area contributed by atoms with Crippen molar-refractivity contribution in [3.8, 4) is 5.75 Å². The highest BCUT2D eigenvalue weighted by molar-refractivity contribution is 5.30. The van der Waals surface area contributed by atoms with Crippen molar-refractivity contribution in [2.24, 2.45) is 0 Å². The third-order valence-electron chi connectivity index (χ3n) is 3.78. The van der Waals surface area contributed by atoms with Crippen LogP contribution in [0.3, 0.4) is 0 Å². The van der Waals surface area contributed by atoms with E-state index < -0.39 is 0 Å². The molecule has 0 spiro atoms. The molecule has 21 heavy (non-hydrogen) atoms. The molecule has 0 heterocycles. The molecule has 0 saturated heterocycles. The number of nitrogens with one attached hydrogen (secondary N) is 1. The molecule has 0 atom stereocenters. The SMILES string of the molecule is Cc1cc(C)cc(COc2ccc(CNC3CC3)cc2)c1. The molecule has 1 aliphatic rings. The van der Waals surface area contributed by atoms with Gasteiger partial charge in [0.2, 0.25) is 0 Å². The number of hydrogen-bond donors (Lipinski definition) is 1. The van der Waals surface area contributed by atoms with Gasteiger partial charge in [-0.1, -0.05) is 41.5 Å². The monoisotopic (exact) mass is 281 g/mol. The lowest BCUT2D eigenvalue weighted by Gasteiger charge is -2.09. The highest BCUT2D eigenvalue weighted by Crippen LogP contribution is 2.20. The van der Waals surface area contributed by atoms with Gasteiger partial charge in [0.1, 0.15) is 12.4 Å². The predicted octanol–water partition coefficient (Wildman–Crippen LogP) is 4.13. The zero-order valence-corrected chi connectivity index (χ0v) is 12.9. The van der Waals surface area contributed by atoms with Crippen molar-refractivity contribution in [2.75, 3.05) is 0 Å². The van der Waals surface area contributed by atoms with E-state index in [-0.39, 0.29) is 0 Å². The average molecular weight is 281 g/mol. The molecule has 1 N–H and O–H groups in total. The topological polar surface area (TPSA) is 21.3 Å². The molecule has 0 unspecified atom stereocenters. The van der Waals surface area contributed by atoms with Gasteiger partial charge in [0.25, 0.3) is 0 Å². The van der Waals surface area contributed by atoms with Crippen molar-refractivity contribution in [1.82, 2.24) is 5.32 Å². The molecule has 0 aliphatic heterocycles. The number of hydrogen-bond acceptors (Lipinski definition) is 2. The smallest absolute Gasteiger partial charge is 0.119 e. The second kappa shape index (κ2) is 6.31. The van der Waals surface area contributed by atoms with Gasteiger partial charge in [-0.3, -0.25) is 0 Å². The van der Waals surface area contributed by atoms with Crippen LogP contribution in [-0.2, 0) is 13.2 Å². The van der Waals surface area contributed by atoms with Crippen LogP contribution in [0.4, 0.5) is 0 Å². The zero-order valence-electron chi connectivity index (χ0n) is 12.9. The summed E-state index contributed by atoms with van der Waals surface area (Å²) in [5, 5.41) is 3.52. The van der Waals surface area contributed by atoms with Gasteiger partial charge in [-0.05, 0) is 49.9 Å². The number of rotatable bonds is 6. The number of ether oxygens (including phenoxy) is 1. The third-order valence-corrected chi connectivity index (χ3v) is 3.78. The van der Waals surface area contributed by atoms with Crippen LogP contribution in [0.25, 0.3) is 0 Å². The first-order valence-corrected chi connectivity index (χ1v) is 7.71. The van der Waals surface area contributed by atoms with Crippen LogP contribution in [0.1, 0.15) is 35.1 Å². The fraction of sp³-hybridized carbons (Fsp3) is 0.368. The maximum atomic E-state index is 5.87. The minimum Gasteiger partial charge on any atom is -0.489 e. The lowest BCUT2D eigenvalue weighted by atomic mass is 10.1. The Labute approximate surface area is 127 Å². The van der Waals surface area contributed by atoms with Crippen LogP contribution in [0.15, 0.2) is 42.5 Å². The fourth-order valence-corrected chi connectivity index (χ4v) is 2.57. The molecule has 1 aliphatic carbocycles.